The van der Waals surface area contributed by atoms with Gasteiger partial charge in [0, 0.05) is 17.7 Å². The second-order valence-corrected chi connectivity index (χ2v) is 3.39. The van der Waals surface area contributed by atoms with Gasteiger partial charge < -0.3 is 5.41 Å². The summed E-state index contributed by atoms with van der Waals surface area (Å²) in [6, 6.07) is 7.41. The molecule has 14 heavy (non-hydrogen) atoms. The van der Waals surface area contributed by atoms with Gasteiger partial charge >= 0.3 is 0 Å². The van der Waals surface area contributed by atoms with Crippen LogP contribution in [-0.4, -0.2) is 12.0 Å². The molecule has 0 unspecified atom stereocenters. The van der Waals surface area contributed by atoms with Gasteiger partial charge in [0.15, 0.2) is 0 Å². The molecule has 2 heteroatoms. The molecule has 0 amide bonds. The highest BCUT2D eigenvalue weighted by Crippen LogP contribution is 2.05. The minimum atomic E-state index is 0.691. The lowest BCUT2D eigenvalue weighted by Gasteiger charge is -2.02. The van der Waals surface area contributed by atoms with Crippen molar-refractivity contribution in [3.8, 4) is 0 Å². The third-order valence-electron chi connectivity index (χ3n) is 2.09. The van der Waals surface area contributed by atoms with Gasteiger partial charge in [-0.05, 0) is 12.0 Å². The van der Waals surface area contributed by atoms with Gasteiger partial charge in [-0.3, -0.25) is 4.79 Å². The van der Waals surface area contributed by atoms with Crippen molar-refractivity contribution in [3.63, 3.8) is 0 Å². The number of hydrogen-bond acceptors (Lipinski definition) is 2. The van der Waals surface area contributed by atoms with Gasteiger partial charge in [-0.15, -0.1) is 0 Å². The summed E-state index contributed by atoms with van der Waals surface area (Å²) < 4.78 is 0. The minimum absolute atomic E-state index is 0.691. The SMILES string of the molecule is CCCC(=N)Cc1ccc(C=O)cc1. The Labute approximate surface area is 84.5 Å². The lowest BCUT2D eigenvalue weighted by molar-refractivity contribution is 0.112. The maximum absolute atomic E-state index is 10.4. The molecule has 0 atom stereocenters. The van der Waals surface area contributed by atoms with Crippen molar-refractivity contribution < 1.29 is 4.79 Å². The van der Waals surface area contributed by atoms with E-state index in [2.05, 4.69) is 6.92 Å². The molecule has 74 valence electrons. The van der Waals surface area contributed by atoms with Crippen LogP contribution < -0.4 is 0 Å². The summed E-state index contributed by atoms with van der Waals surface area (Å²) in [5, 5.41) is 7.66. The molecule has 1 aromatic carbocycles. The Morgan fingerprint density at radius 2 is 2.00 bits per heavy atom. The van der Waals surface area contributed by atoms with E-state index in [0.717, 1.165) is 30.4 Å². The maximum atomic E-state index is 10.4. The van der Waals surface area contributed by atoms with Crippen molar-refractivity contribution in [1.29, 1.82) is 5.41 Å². The van der Waals surface area contributed by atoms with Gasteiger partial charge in [-0.2, -0.15) is 0 Å². The van der Waals surface area contributed by atoms with Crippen LogP contribution in [0, 0.1) is 5.41 Å². The summed E-state index contributed by atoms with van der Waals surface area (Å²) in [5.74, 6) is 0. The smallest absolute Gasteiger partial charge is 0.150 e. The first-order valence-corrected chi connectivity index (χ1v) is 4.86. The first-order valence-electron chi connectivity index (χ1n) is 4.86. The summed E-state index contributed by atoms with van der Waals surface area (Å²) in [4.78, 5) is 10.4. The molecular formula is C12H15NO. The Bertz CT molecular complexity index is 314. The van der Waals surface area contributed by atoms with Crippen molar-refractivity contribution in [3.05, 3.63) is 35.4 Å². The van der Waals surface area contributed by atoms with Gasteiger partial charge in [-0.1, -0.05) is 37.6 Å². The lowest BCUT2D eigenvalue weighted by atomic mass is 10.0. The lowest BCUT2D eigenvalue weighted by Crippen LogP contribution is -2.00. The van der Waals surface area contributed by atoms with Crippen molar-refractivity contribution in [2.45, 2.75) is 26.2 Å². The van der Waals surface area contributed by atoms with Crippen LogP contribution in [-0.2, 0) is 6.42 Å². The van der Waals surface area contributed by atoms with Gasteiger partial charge in [0.2, 0.25) is 0 Å². The molecule has 0 aliphatic heterocycles. The molecule has 0 aliphatic carbocycles. The Hall–Kier alpha value is -1.44. The summed E-state index contributed by atoms with van der Waals surface area (Å²) in [6.07, 6.45) is 3.41. The Balaban J connectivity index is 2.59. The second kappa shape index (κ2) is 5.32. The fourth-order valence-electron chi connectivity index (χ4n) is 1.35. The third-order valence-corrected chi connectivity index (χ3v) is 2.09. The molecule has 1 aromatic rings. The first kappa shape index (κ1) is 10.6. The molecule has 0 heterocycles. The highest BCUT2D eigenvalue weighted by Gasteiger charge is 1.98. The molecule has 0 radical (unpaired) electrons. The predicted molar refractivity (Wildman–Crippen MR) is 58.2 cm³/mol. The van der Waals surface area contributed by atoms with Crippen LogP contribution in [0.4, 0.5) is 0 Å². The Kier molecular flexibility index (Phi) is 4.05. The standard InChI is InChI=1S/C12H15NO/c1-2-3-12(13)8-10-4-6-11(9-14)7-5-10/h4-7,9,13H,2-3,8H2,1H3. The molecule has 0 aromatic heterocycles. The zero-order valence-corrected chi connectivity index (χ0v) is 8.42. The van der Waals surface area contributed by atoms with Crippen LogP contribution in [0.1, 0.15) is 35.7 Å². The van der Waals surface area contributed by atoms with E-state index < -0.39 is 0 Å². The van der Waals surface area contributed by atoms with E-state index in [0.29, 0.717) is 12.0 Å². The molecule has 0 fully saturated rings. The van der Waals surface area contributed by atoms with Crippen molar-refractivity contribution >= 4 is 12.0 Å². The zero-order valence-electron chi connectivity index (χ0n) is 8.42. The Morgan fingerprint density at radius 3 is 2.50 bits per heavy atom. The number of aldehydes is 1. The fraction of sp³-hybridized carbons (Fsp3) is 0.333. The normalized spacial score (nSPS) is 9.79. The summed E-state index contributed by atoms with van der Waals surface area (Å²) in [5.41, 5.74) is 2.55. The summed E-state index contributed by atoms with van der Waals surface area (Å²) in [6.45, 7) is 2.07. The predicted octanol–water partition coefficient (Wildman–Crippen LogP) is 2.86. The number of carbonyl (C=O) groups excluding carboxylic acids is 1. The van der Waals surface area contributed by atoms with E-state index in [1.165, 1.54) is 0 Å². The monoisotopic (exact) mass is 189 g/mol. The number of carbonyl (C=O) groups is 1. The molecule has 1 rings (SSSR count). The van der Waals surface area contributed by atoms with Gasteiger partial charge in [-0.25, -0.2) is 0 Å². The van der Waals surface area contributed by atoms with Crippen LogP contribution in [0.5, 0.6) is 0 Å². The molecular weight excluding hydrogens is 174 g/mol. The number of rotatable bonds is 5. The molecule has 0 bridgehead atoms. The number of nitrogens with one attached hydrogen (secondary N) is 1. The van der Waals surface area contributed by atoms with E-state index in [9.17, 15) is 4.79 Å². The van der Waals surface area contributed by atoms with Crippen LogP contribution in [0.15, 0.2) is 24.3 Å². The van der Waals surface area contributed by atoms with Crippen LogP contribution in [0.2, 0.25) is 0 Å². The number of hydrogen-bond donors (Lipinski definition) is 1. The van der Waals surface area contributed by atoms with E-state index >= 15 is 0 Å². The third kappa shape index (κ3) is 3.13. The van der Waals surface area contributed by atoms with Crippen LogP contribution >= 0.6 is 0 Å². The highest BCUT2D eigenvalue weighted by molar-refractivity contribution is 5.83. The topological polar surface area (TPSA) is 40.9 Å². The molecule has 2 nitrogen and oxygen atoms in total. The minimum Gasteiger partial charge on any atom is -0.309 e. The molecule has 1 N–H and O–H groups in total. The second-order valence-electron chi connectivity index (χ2n) is 3.39. The average Bonchev–Trinajstić information content (AvgIpc) is 2.19. The van der Waals surface area contributed by atoms with Gasteiger partial charge in [0.05, 0.1) is 0 Å². The molecule has 0 saturated heterocycles. The first-order chi connectivity index (χ1) is 6.76. The quantitative estimate of drug-likeness (QED) is 0.561. The van der Waals surface area contributed by atoms with E-state index in [-0.39, 0.29) is 0 Å². The molecule has 0 spiro atoms. The largest absolute Gasteiger partial charge is 0.309 e. The summed E-state index contributed by atoms with van der Waals surface area (Å²) >= 11 is 0. The molecule has 0 saturated carbocycles. The van der Waals surface area contributed by atoms with Crippen molar-refractivity contribution in [1.82, 2.24) is 0 Å². The van der Waals surface area contributed by atoms with E-state index in [1.807, 2.05) is 12.1 Å². The average molecular weight is 189 g/mol. The van der Waals surface area contributed by atoms with Crippen molar-refractivity contribution in [2.24, 2.45) is 0 Å². The number of benzene rings is 1. The van der Waals surface area contributed by atoms with E-state index in [4.69, 9.17) is 5.41 Å². The van der Waals surface area contributed by atoms with Crippen LogP contribution in [0.3, 0.4) is 0 Å². The maximum Gasteiger partial charge on any atom is 0.150 e. The van der Waals surface area contributed by atoms with Crippen molar-refractivity contribution in [2.75, 3.05) is 0 Å². The Morgan fingerprint density at radius 1 is 1.36 bits per heavy atom. The van der Waals surface area contributed by atoms with Crippen LogP contribution in [0.25, 0.3) is 0 Å². The van der Waals surface area contributed by atoms with Gasteiger partial charge in [0.1, 0.15) is 6.29 Å². The van der Waals surface area contributed by atoms with E-state index in [1.54, 1.807) is 12.1 Å². The summed E-state index contributed by atoms with van der Waals surface area (Å²) in [7, 11) is 0. The van der Waals surface area contributed by atoms with Gasteiger partial charge in [0.25, 0.3) is 0 Å². The molecule has 0 aliphatic rings. The fourth-order valence-corrected chi connectivity index (χ4v) is 1.35. The zero-order chi connectivity index (χ0) is 10.4. The highest BCUT2D eigenvalue weighted by atomic mass is 16.1.